The molecule has 2 aromatic carbocycles. The molecule has 1 aromatic heterocycles. The van der Waals surface area contributed by atoms with E-state index in [1.165, 1.54) is 22.3 Å². The fourth-order valence-electron chi connectivity index (χ4n) is 4.02. The van der Waals surface area contributed by atoms with Crippen LogP contribution in [0.25, 0.3) is 10.2 Å². The number of imide groups is 1. The molecule has 1 fully saturated rings. The van der Waals surface area contributed by atoms with Gasteiger partial charge in [-0.15, -0.1) is 0 Å². The van der Waals surface area contributed by atoms with Gasteiger partial charge in [-0.2, -0.15) is 0 Å². The second-order valence-electron chi connectivity index (χ2n) is 7.82. The van der Waals surface area contributed by atoms with Crippen LogP contribution in [0.2, 0.25) is 0 Å². The second-order valence-corrected chi connectivity index (χ2v) is 8.83. The second kappa shape index (κ2) is 8.97. The van der Waals surface area contributed by atoms with Crippen LogP contribution < -0.4 is 4.90 Å². The van der Waals surface area contributed by atoms with Crippen LogP contribution in [-0.2, 0) is 9.53 Å². The predicted octanol–water partition coefficient (Wildman–Crippen LogP) is 2.40. The van der Waals surface area contributed by atoms with Crippen molar-refractivity contribution in [2.24, 2.45) is 0 Å². The fraction of sp³-hybridized carbons (Fsp3) is 0.304. The van der Waals surface area contributed by atoms with Crippen LogP contribution in [0.3, 0.4) is 0 Å². The van der Waals surface area contributed by atoms with Gasteiger partial charge in [0.25, 0.3) is 11.8 Å². The van der Waals surface area contributed by atoms with E-state index in [1.54, 1.807) is 36.4 Å². The average Bonchev–Trinajstić information content (AvgIpc) is 3.36. The summed E-state index contributed by atoms with van der Waals surface area (Å²) in [5, 5.41) is 0.338. The van der Waals surface area contributed by atoms with Crippen molar-refractivity contribution in [2.75, 3.05) is 50.8 Å². The normalized spacial score (nSPS) is 16.5. The highest BCUT2D eigenvalue weighted by Crippen LogP contribution is 2.31. The Morgan fingerprint density at radius 2 is 1.76 bits per heavy atom. The van der Waals surface area contributed by atoms with Gasteiger partial charge in [0.2, 0.25) is 5.91 Å². The van der Waals surface area contributed by atoms with Gasteiger partial charge in [0.05, 0.1) is 29.0 Å². The number of nitrogens with zero attached hydrogens (tertiary/aromatic N) is 4. The molecule has 0 radical (unpaired) electrons. The SMILES string of the molecule is O=C1c2ccccc2C(=O)N1CC(=O)N(CCN1CCOCC1)c1nc2c(F)cccc2s1. The van der Waals surface area contributed by atoms with Gasteiger partial charge in [0.15, 0.2) is 5.13 Å². The van der Waals surface area contributed by atoms with Gasteiger partial charge in [0.1, 0.15) is 17.9 Å². The van der Waals surface area contributed by atoms with Crippen LogP contribution in [0.1, 0.15) is 20.7 Å². The molecule has 1 saturated heterocycles. The lowest BCUT2D eigenvalue weighted by Gasteiger charge is -2.29. The number of aromatic nitrogens is 1. The Kier molecular flexibility index (Phi) is 5.88. The Hall–Kier alpha value is -3.21. The molecular weight excluding hydrogens is 447 g/mol. The third-order valence-electron chi connectivity index (χ3n) is 5.81. The maximum Gasteiger partial charge on any atom is 0.262 e. The summed E-state index contributed by atoms with van der Waals surface area (Å²) in [7, 11) is 0. The molecule has 0 N–H and O–H groups in total. The van der Waals surface area contributed by atoms with Crippen molar-refractivity contribution in [1.82, 2.24) is 14.8 Å². The molecular formula is C23H21FN4O4S. The lowest BCUT2D eigenvalue weighted by Crippen LogP contribution is -2.47. The number of rotatable bonds is 6. The van der Waals surface area contributed by atoms with Gasteiger partial charge in [-0.1, -0.05) is 29.5 Å². The number of benzene rings is 2. The van der Waals surface area contributed by atoms with Crippen LogP contribution in [0.4, 0.5) is 9.52 Å². The van der Waals surface area contributed by atoms with Crippen molar-refractivity contribution in [1.29, 1.82) is 0 Å². The molecule has 0 saturated carbocycles. The molecule has 2 aliphatic heterocycles. The molecule has 3 heterocycles. The minimum Gasteiger partial charge on any atom is -0.379 e. The summed E-state index contributed by atoms with van der Waals surface area (Å²) in [6, 6.07) is 11.2. The van der Waals surface area contributed by atoms with Gasteiger partial charge in [0, 0.05) is 26.2 Å². The van der Waals surface area contributed by atoms with Crippen LogP contribution in [0.5, 0.6) is 0 Å². The number of anilines is 1. The van der Waals surface area contributed by atoms with E-state index in [0.29, 0.717) is 36.1 Å². The van der Waals surface area contributed by atoms with Crippen LogP contribution in [0.15, 0.2) is 42.5 Å². The van der Waals surface area contributed by atoms with Crippen LogP contribution >= 0.6 is 11.3 Å². The number of para-hydroxylation sites is 1. The van der Waals surface area contributed by atoms with Gasteiger partial charge in [-0.25, -0.2) is 9.37 Å². The zero-order valence-electron chi connectivity index (χ0n) is 17.7. The van der Waals surface area contributed by atoms with Gasteiger partial charge < -0.3 is 4.74 Å². The Balaban J connectivity index is 1.40. The standard InChI is InChI=1S/C23H21FN4O4S/c24-17-6-3-7-18-20(17)25-23(33-18)27(9-8-26-10-12-32-13-11-26)19(29)14-28-21(30)15-4-1-2-5-16(15)22(28)31/h1-7H,8-14H2. The van der Waals surface area contributed by atoms with Crippen molar-refractivity contribution in [3.63, 3.8) is 0 Å². The smallest absolute Gasteiger partial charge is 0.262 e. The van der Waals surface area contributed by atoms with Gasteiger partial charge in [-0.3, -0.25) is 29.1 Å². The first-order valence-corrected chi connectivity index (χ1v) is 11.5. The van der Waals surface area contributed by atoms with E-state index in [2.05, 4.69) is 9.88 Å². The first-order chi connectivity index (χ1) is 16.0. The number of hydrogen-bond acceptors (Lipinski definition) is 7. The number of carbonyl (C=O) groups is 3. The Labute approximate surface area is 193 Å². The molecule has 170 valence electrons. The highest BCUT2D eigenvalue weighted by atomic mass is 32.1. The number of ether oxygens (including phenoxy) is 1. The Bertz CT molecular complexity index is 1210. The molecule has 0 atom stereocenters. The van der Waals surface area contributed by atoms with Crippen molar-refractivity contribution in [3.05, 3.63) is 59.4 Å². The number of carbonyl (C=O) groups excluding carboxylic acids is 3. The van der Waals surface area contributed by atoms with E-state index in [9.17, 15) is 18.8 Å². The first-order valence-electron chi connectivity index (χ1n) is 10.6. The summed E-state index contributed by atoms with van der Waals surface area (Å²) < 4.78 is 20.2. The van der Waals surface area contributed by atoms with E-state index in [-0.39, 0.29) is 16.6 Å². The quantitative estimate of drug-likeness (QED) is 0.517. The highest BCUT2D eigenvalue weighted by Gasteiger charge is 2.37. The maximum atomic E-state index is 14.2. The van der Waals surface area contributed by atoms with Crippen molar-refractivity contribution < 1.29 is 23.5 Å². The molecule has 3 amide bonds. The minimum absolute atomic E-state index is 0.197. The van der Waals surface area contributed by atoms with E-state index in [1.807, 2.05) is 0 Å². The molecule has 0 bridgehead atoms. The molecule has 0 spiro atoms. The molecule has 0 aliphatic carbocycles. The lowest BCUT2D eigenvalue weighted by molar-refractivity contribution is -0.119. The highest BCUT2D eigenvalue weighted by molar-refractivity contribution is 7.22. The van der Waals surface area contributed by atoms with Gasteiger partial charge >= 0.3 is 0 Å². The number of halogens is 1. The summed E-state index contributed by atoms with van der Waals surface area (Å²) in [4.78, 5) is 47.8. The number of amides is 3. The van der Waals surface area contributed by atoms with E-state index < -0.39 is 30.1 Å². The maximum absolute atomic E-state index is 14.2. The van der Waals surface area contributed by atoms with E-state index >= 15 is 0 Å². The van der Waals surface area contributed by atoms with Gasteiger partial charge in [-0.05, 0) is 24.3 Å². The van der Waals surface area contributed by atoms with Crippen LogP contribution in [0, 0.1) is 5.82 Å². The summed E-state index contributed by atoms with van der Waals surface area (Å²) in [6.45, 7) is 3.18. The predicted molar refractivity (Wildman–Crippen MR) is 121 cm³/mol. The number of thiazole rings is 1. The molecule has 5 rings (SSSR count). The minimum atomic E-state index is -0.493. The van der Waals surface area contributed by atoms with Crippen LogP contribution in [-0.4, -0.2) is 78.4 Å². The monoisotopic (exact) mass is 468 g/mol. The molecule has 33 heavy (non-hydrogen) atoms. The largest absolute Gasteiger partial charge is 0.379 e. The average molecular weight is 469 g/mol. The molecule has 3 aromatic rings. The zero-order valence-corrected chi connectivity index (χ0v) is 18.5. The Morgan fingerprint density at radius 3 is 2.42 bits per heavy atom. The Morgan fingerprint density at radius 1 is 1.06 bits per heavy atom. The third-order valence-corrected chi connectivity index (χ3v) is 6.85. The number of fused-ring (bicyclic) bond motifs is 2. The molecule has 0 unspecified atom stereocenters. The summed E-state index contributed by atoms with van der Waals surface area (Å²) in [5.41, 5.74) is 0.775. The van der Waals surface area contributed by atoms with E-state index in [0.717, 1.165) is 18.0 Å². The van der Waals surface area contributed by atoms with Crippen molar-refractivity contribution in [3.8, 4) is 0 Å². The topological polar surface area (TPSA) is 83.1 Å². The van der Waals surface area contributed by atoms with E-state index in [4.69, 9.17) is 4.74 Å². The van der Waals surface area contributed by atoms with Crippen molar-refractivity contribution >= 4 is 44.4 Å². The third kappa shape index (κ3) is 4.12. The summed E-state index contributed by atoms with van der Waals surface area (Å²) in [6.07, 6.45) is 0. The zero-order chi connectivity index (χ0) is 22.9. The molecule has 2 aliphatic rings. The molecule has 8 nitrogen and oxygen atoms in total. The summed E-state index contributed by atoms with van der Waals surface area (Å²) in [5.74, 6) is -1.90. The number of hydrogen-bond donors (Lipinski definition) is 0. The lowest BCUT2D eigenvalue weighted by atomic mass is 10.1. The van der Waals surface area contributed by atoms with Crippen molar-refractivity contribution in [2.45, 2.75) is 0 Å². The summed E-state index contributed by atoms with van der Waals surface area (Å²) >= 11 is 1.20. The first kappa shape index (κ1) is 21.6. The molecule has 10 heteroatoms. The fourth-order valence-corrected chi connectivity index (χ4v) is 5.04. The number of morpholine rings is 1.